The molecule has 4 N–H and O–H groups in total. The molecule has 29 heavy (non-hydrogen) atoms. The molecule has 0 radical (unpaired) electrons. The largest absolute Gasteiger partial charge is 0.343 e. The second-order valence-electron chi connectivity index (χ2n) is 8.67. The summed E-state index contributed by atoms with van der Waals surface area (Å²) in [5, 5.41) is 12.3. The lowest BCUT2D eigenvalue weighted by Gasteiger charge is -2.28. The lowest BCUT2D eigenvalue weighted by Crippen LogP contribution is -2.50. The number of urea groups is 1. The molecule has 2 rings (SSSR count). The molecule has 0 aromatic heterocycles. The van der Waals surface area contributed by atoms with Crippen molar-refractivity contribution in [1.29, 1.82) is 0 Å². The standard InChI is InChI=1S/C20H34N4O5/c1-13(2)11-16(18(26)22-24-12-17(25)21-20(24)28)15(19(27)23-29)10-6-9-14-7-4-3-5-8-14/h13-16,29H,3-12H2,1-2H3,(H,22,26)(H,23,27)(H,21,25,28)/t15-,16?/m1/s1. The van der Waals surface area contributed by atoms with Crippen LogP contribution < -0.4 is 16.2 Å². The van der Waals surface area contributed by atoms with Gasteiger partial charge in [0.25, 0.3) is 0 Å². The van der Waals surface area contributed by atoms with E-state index in [1.807, 2.05) is 13.8 Å². The fraction of sp³-hybridized carbons (Fsp3) is 0.800. The summed E-state index contributed by atoms with van der Waals surface area (Å²) in [6, 6.07) is -0.688. The van der Waals surface area contributed by atoms with Crippen LogP contribution in [0.5, 0.6) is 0 Å². The number of nitrogens with zero attached hydrogens (tertiary/aromatic N) is 1. The first-order chi connectivity index (χ1) is 13.8. The number of rotatable bonds is 10. The van der Waals surface area contributed by atoms with Crippen molar-refractivity contribution < 1.29 is 24.4 Å². The maximum absolute atomic E-state index is 12.9. The Hall–Kier alpha value is -2.16. The molecular formula is C20H34N4O5. The highest BCUT2D eigenvalue weighted by molar-refractivity contribution is 6.02. The average Bonchev–Trinajstić information content (AvgIpc) is 3.00. The molecule has 2 atom stereocenters. The Morgan fingerprint density at radius 2 is 1.83 bits per heavy atom. The molecule has 0 aromatic carbocycles. The van der Waals surface area contributed by atoms with Gasteiger partial charge in [-0.1, -0.05) is 58.8 Å². The first-order valence-corrected chi connectivity index (χ1v) is 10.7. The van der Waals surface area contributed by atoms with E-state index in [1.54, 1.807) is 5.48 Å². The zero-order valence-corrected chi connectivity index (χ0v) is 17.4. The first-order valence-electron chi connectivity index (χ1n) is 10.7. The Bertz CT molecular complexity index is 604. The van der Waals surface area contributed by atoms with Crippen LogP contribution >= 0.6 is 0 Å². The molecule has 1 aliphatic heterocycles. The van der Waals surface area contributed by atoms with Crippen LogP contribution in [0.3, 0.4) is 0 Å². The smallest absolute Gasteiger partial charge is 0.289 e. The van der Waals surface area contributed by atoms with E-state index in [2.05, 4.69) is 10.7 Å². The lowest BCUT2D eigenvalue weighted by molar-refractivity contribution is -0.142. The van der Waals surface area contributed by atoms with Crippen LogP contribution in [0.1, 0.15) is 71.6 Å². The topological polar surface area (TPSA) is 128 Å². The number of carbonyl (C=O) groups excluding carboxylic acids is 4. The van der Waals surface area contributed by atoms with Crippen LogP contribution in [0.15, 0.2) is 0 Å². The molecule has 2 fully saturated rings. The number of hydrogen-bond acceptors (Lipinski definition) is 5. The van der Waals surface area contributed by atoms with E-state index >= 15 is 0 Å². The molecular weight excluding hydrogens is 376 g/mol. The van der Waals surface area contributed by atoms with Crippen molar-refractivity contribution in [3.63, 3.8) is 0 Å². The Morgan fingerprint density at radius 1 is 1.14 bits per heavy atom. The van der Waals surface area contributed by atoms with Gasteiger partial charge in [0.15, 0.2) is 0 Å². The number of nitrogens with one attached hydrogen (secondary N) is 3. The molecule has 9 nitrogen and oxygen atoms in total. The normalized spacial score (nSPS) is 19.8. The van der Waals surface area contributed by atoms with E-state index in [9.17, 15) is 24.4 Å². The summed E-state index contributed by atoms with van der Waals surface area (Å²) in [5.41, 5.74) is 4.17. The van der Waals surface area contributed by atoms with Crippen LogP contribution in [0.25, 0.3) is 0 Å². The molecule has 2 aliphatic rings. The number of hydroxylamine groups is 1. The molecule has 0 spiro atoms. The zero-order chi connectivity index (χ0) is 21.4. The maximum atomic E-state index is 12.9. The molecule has 0 bridgehead atoms. The molecule has 5 amide bonds. The molecule has 1 aliphatic carbocycles. The number of imide groups is 1. The van der Waals surface area contributed by atoms with Gasteiger partial charge in [-0.05, 0) is 24.7 Å². The van der Waals surface area contributed by atoms with Crippen molar-refractivity contribution in [2.75, 3.05) is 6.54 Å². The van der Waals surface area contributed by atoms with Crippen molar-refractivity contribution in [3.8, 4) is 0 Å². The van der Waals surface area contributed by atoms with E-state index in [0.717, 1.165) is 17.9 Å². The summed E-state index contributed by atoms with van der Waals surface area (Å²) in [4.78, 5) is 48.4. The van der Waals surface area contributed by atoms with Gasteiger partial charge in [0.1, 0.15) is 6.54 Å². The molecule has 1 saturated carbocycles. The minimum Gasteiger partial charge on any atom is -0.289 e. The lowest BCUT2D eigenvalue weighted by atomic mass is 9.79. The third-order valence-corrected chi connectivity index (χ3v) is 5.89. The monoisotopic (exact) mass is 410 g/mol. The molecule has 1 saturated heterocycles. The summed E-state index contributed by atoms with van der Waals surface area (Å²) in [6.07, 6.45) is 8.93. The number of carbonyl (C=O) groups is 4. The van der Waals surface area contributed by atoms with Crippen LogP contribution in [-0.4, -0.2) is 40.5 Å². The van der Waals surface area contributed by atoms with E-state index in [1.165, 1.54) is 32.1 Å². The predicted octanol–water partition coefficient (Wildman–Crippen LogP) is 2.10. The second kappa shape index (κ2) is 11.1. The summed E-state index contributed by atoms with van der Waals surface area (Å²) >= 11 is 0. The predicted molar refractivity (Wildman–Crippen MR) is 105 cm³/mol. The van der Waals surface area contributed by atoms with Crippen molar-refractivity contribution in [1.82, 2.24) is 21.2 Å². The summed E-state index contributed by atoms with van der Waals surface area (Å²) in [7, 11) is 0. The maximum Gasteiger partial charge on any atom is 0.343 e. The fourth-order valence-corrected chi connectivity index (χ4v) is 4.41. The van der Waals surface area contributed by atoms with Gasteiger partial charge in [0.05, 0.1) is 11.8 Å². The highest BCUT2D eigenvalue weighted by atomic mass is 16.5. The van der Waals surface area contributed by atoms with Gasteiger partial charge in [0, 0.05) is 0 Å². The van der Waals surface area contributed by atoms with Crippen molar-refractivity contribution >= 4 is 23.8 Å². The van der Waals surface area contributed by atoms with Gasteiger partial charge in [-0.2, -0.15) is 0 Å². The number of hydrogen-bond donors (Lipinski definition) is 4. The van der Waals surface area contributed by atoms with E-state index in [-0.39, 0.29) is 12.5 Å². The number of amides is 5. The first kappa shape index (κ1) is 23.1. The Morgan fingerprint density at radius 3 is 2.38 bits per heavy atom. The van der Waals surface area contributed by atoms with Crippen LogP contribution in [-0.2, 0) is 14.4 Å². The van der Waals surface area contributed by atoms with Crippen molar-refractivity contribution in [3.05, 3.63) is 0 Å². The quantitative estimate of drug-likeness (QED) is 0.249. The Labute approximate surface area is 171 Å². The SMILES string of the molecule is CC(C)CC(C(=O)NN1CC(=O)NC1=O)[C@@H](CCCC1CCCCC1)C(=O)NO. The van der Waals surface area contributed by atoms with Crippen molar-refractivity contribution in [2.45, 2.75) is 71.6 Å². The van der Waals surface area contributed by atoms with Gasteiger partial charge < -0.3 is 0 Å². The minimum absolute atomic E-state index is 0.132. The molecule has 1 unspecified atom stereocenters. The third-order valence-electron chi connectivity index (χ3n) is 5.89. The van der Waals surface area contributed by atoms with Gasteiger partial charge >= 0.3 is 6.03 Å². The average molecular weight is 411 g/mol. The van der Waals surface area contributed by atoms with Crippen molar-refractivity contribution in [2.24, 2.45) is 23.7 Å². The van der Waals surface area contributed by atoms with Crippen LogP contribution in [0.2, 0.25) is 0 Å². The second-order valence-corrected chi connectivity index (χ2v) is 8.67. The molecule has 9 heteroatoms. The van der Waals surface area contributed by atoms with E-state index in [4.69, 9.17) is 0 Å². The Balaban J connectivity index is 2.03. The molecule has 1 heterocycles. The molecule has 164 valence electrons. The summed E-state index contributed by atoms with van der Waals surface area (Å²) < 4.78 is 0. The Kier molecular flexibility index (Phi) is 8.88. The summed E-state index contributed by atoms with van der Waals surface area (Å²) in [6.45, 7) is 3.64. The highest BCUT2D eigenvalue weighted by Gasteiger charge is 2.37. The minimum atomic E-state index is -0.711. The highest BCUT2D eigenvalue weighted by Crippen LogP contribution is 2.31. The molecule has 0 aromatic rings. The van der Waals surface area contributed by atoms with Crippen LogP contribution in [0.4, 0.5) is 4.79 Å². The van der Waals surface area contributed by atoms with E-state index in [0.29, 0.717) is 18.8 Å². The van der Waals surface area contributed by atoms with Gasteiger partial charge in [0.2, 0.25) is 17.7 Å². The number of hydrazine groups is 1. The summed E-state index contributed by atoms with van der Waals surface area (Å²) in [5.74, 6) is -2.19. The fourth-order valence-electron chi connectivity index (χ4n) is 4.41. The third kappa shape index (κ3) is 6.99. The zero-order valence-electron chi connectivity index (χ0n) is 17.4. The van der Waals surface area contributed by atoms with Gasteiger partial charge in [-0.15, -0.1) is 0 Å². The van der Waals surface area contributed by atoms with Crippen LogP contribution in [0, 0.1) is 23.7 Å². The van der Waals surface area contributed by atoms with Gasteiger partial charge in [-0.25, -0.2) is 15.3 Å². The van der Waals surface area contributed by atoms with Gasteiger partial charge in [-0.3, -0.25) is 30.3 Å². The van der Waals surface area contributed by atoms with E-state index < -0.39 is 35.6 Å².